The maximum absolute atomic E-state index is 12.2. The van der Waals surface area contributed by atoms with Crippen molar-refractivity contribution in [3.63, 3.8) is 0 Å². The number of rotatable bonds is 6. The molecule has 0 spiro atoms. The molecule has 1 aliphatic rings. The van der Waals surface area contributed by atoms with Crippen LogP contribution in [-0.4, -0.2) is 55.3 Å². The highest BCUT2D eigenvalue weighted by atomic mass is 32.2. The maximum atomic E-state index is 12.2. The maximum Gasteiger partial charge on any atom is 0.245 e. The molecule has 116 valence electrons. The van der Waals surface area contributed by atoms with Gasteiger partial charge in [-0.2, -0.15) is 0 Å². The van der Waals surface area contributed by atoms with Crippen LogP contribution in [0.25, 0.3) is 0 Å². The number of hydrogen-bond donors (Lipinski definition) is 1. The number of amides is 2. The average Bonchev–Trinajstić information content (AvgIpc) is 2.35. The van der Waals surface area contributed by atoms with Crippen LogP contribution in [0.4, 0.5) is 0 Å². The second-order valence-corrected chi connectivity index (χ2v) is 8.12. The van der Waals surface area contributed by atoms with Gasteiger partial charge in [-0.3, -0.25) is 9.59 Å². The molecule has 0 radical (unpaired) electrons. The second kappa shape index (κ2) is 6.56. The normalized spacial score (nSPS) is 24.1. The van der Waals surface area contributed by atoms with Crippen LogP contribution < -0.4 is 5.32 Å². The highest BCUT2D eigenvalue weighted by Crippen LogP contribution is 2.17. The van der Waals surface area contributed by atoms with Gasteiger partial charge in [0, 0.05) is 12.3 Å². The van der Waals surface area contributed by atoms with E-state index in [1.165, 1.54) is 4.90 Å². The Morgan fingerprint density at radius 3 is 2.40 bits per heavy atom. The van der Waals surface area contributed by atoms with E-state index in [1.807, 2.05) is 13.8 Å². The summed E-state index contributed by atoms with van der Waals surface area (Å²) < 4.78 is 23.2. The Hall–Kier alpha value is -1.11. The van der Waals surface area contributed by atoms with Gasteiger partial charge in [-0.15, -0.1) is 0 Å². The highest BCUT2D eigenvalue weighted by Gasteiger charge is 2.38. The van der Waals surface area contributed by atoms with E-state index in [4.69, 9.17) is 0 Å². The Kier molecular flexibility index (Phi) is 5.56. The van der Waals surface area contributed by atoms with Gasteiger partial charge in [-0.25, -0.2) is 8.42 Å². The lowest BCUT2D eigenvalue weighted by Gasteiger charge is -2.38. The molecule has 7 heteroatoms. The summed E-state index contributed by atoms with van der Waals surface area (Å²) in [4.78, 5) is 25.6. The minimum atomic E-state index is -3.15. The predicted octanol–water partition coefficient (Wildman–Crippen LogP) is 0.183. The standard InChI is InChI=1S/C13H24N2O4S/c1-5-20(18,19)7-6-15-11(8-9(2)3)12(16)14-10(4)13(15)17/h9-11H,5-8H2,1-4H3,(H,14,16). The third-order valence-corrected chi connectivity index (χ3v) is 5.15. The number of sulfone groups is 1. The number of carbonyl (C=O) groups excluding carboxylic acids is 2. The molecule has 0 aliphatic carbocycles. The summed E-state index contributed by atoms with van der Waals surface area (Å²) in [5.41, 5.74) is 0. The molecule has 20 heavy (non-hydrogen) atoms. The summed E-state index contributed by atoms with van der Waals surface area (Å²) in [6.45, 7) is 7.22. The number of carbonyl (C=O) groups is 2. The Bertz CT molecular complexity index is 473. The van der Waals surface area contributed by atoms with Gasteiger partial charge in [0.1, 0.15) is 12.1 Å². The molecule has 1 rings (SSSR count). The third kappa shape index (κ3) is 4.19. The number of nitrogens with one attached hydrogen (secondary N) is 1. The lowest BCUT2D eigenvalue weighted by atomic mass is 9.98. The molecular formula is C13H24N2O4S. The van der Waals surface area contributed by atoms with Crippen LogP contribution in [0, 0.1) is 5.92 Å². The first-order valence-electron chi connectivity index (χ1n) is 6.99. The van der Waals surface area contributed by atoms with Crippen molar-refractivity contribution in [3.8, 4) is 0 Å². The summed E-state index contributed by atoms with van der Waals surface area (Å²) in [5.74, 6) is -0.200. The van der Waals surface area contributed by atoms with Crippen molar-refractivity contribution >= 4 is 21.7 Å². The summed E-state index contributed by atoms with van der Waals surface area (Å²) >= 11 is 0. The van der Waals surface area contributed by atoms with Crippen LogP contribution in [-0.2, 0) is 19.4 Å². The predicted molar refractivity (Wildman–Crippen MR) is 76.9 cm³/mol. The van der Waals surface area contributed by atoms with Crippen molar-refractivity contribution in [1.29, 1.82) is 0 Å². The van der Waals surface area contributed by atoms with Crippen LogP contribution in [0.3, 0.4) is 0 Å². The fourth-order valence-electron chi connectivity index (χ4n) is 2.24. The van der Waals surface area contributed by atoms with E-state index in [2.05, 4.69) is 5.32 Å². The fraction of sp³-hybridized carbons (Fsp3) is 0.846. The molecule has 1 aliphatic heterocycles. The molecular weight excluding hydrogens is 280 g/mol. The third-order valence-electron chi connectivity index (χ3n) is 3.47. The molecule has 1 heterocycles. The van der Waals surface area contributed by atoms with Crippen LogP contribution in [0.15, 0.2) is 0 Å². The topological polar surface area (TPSA) is 83.6 Å². The average molecular weight is 304 g/mol. The number of piperazine rings is 1. The van der Waals surface area contributed by atoms with Gasteiger partial charge in [0.25, 0.3) is 0 Å². The lowest BCUT2D eigenvalue weighted by molar-refractivity contribution is -0.149. The zero-order valence-electron chi connectivity index (χ0n) is 12.5. The molecule has 6 nitrogen and oxygen atoms in total. The minimum Gasteiger partial charge on any atom is -0.343 e. The van der Waals surface area contributed by atoms with Gasteiger partial charge >= 0.3 is 0 Å². The molecule has 0 aromatic heterocycles. The second-order valence-electron chi connectivity index (χ2n) is 5.64. The van der Waals surface area contributed by atoms with Crippen molar-refractivity contribution in [2.24, 2.45) is 5.92 Å². The van der Waals surface area contributed by atoms with Gasteiger partial charge in [0.05, 0.1) is 5.75 Å². The zero-order chi connectivity index (χ0) is 15.5. The summed E-state index contributed by atoms with van der Waals surface area (Å²) in [6, 6.07) is -1.15. The van der Waals surface area contributed by atoms with Gasteiger partial charge in [-0.05, 0) is 19.3 Å². The first-order valence-corrected chi connectivity index (χ1v) is 8.81. The summed E-state index contributed by atoms with van der Waals surface area (Å²) in [5, 5.41) is 2.65. The van der Waals surface area contributed by atoms with Gasteiger partial charge in [0.15, 0.2) is 9.84 Å². The van der Waals surface area contributed by atoms with Crippen molar-refractivity contribution in [3.05, 3.63) is 0 Å². The SMILES string of the molecule is CCS(=O)(=O)CCN1C(=O)C(C)NC(=O)C1CC(C)C. The van der Waals surface area contributed by atoms with E-state index >= 15 is 0 Å². The molecule has 0 aromatic rings. The number of hydrogen-bond acceptors (Lipinski definition) is 4. The fourth-order valence-corrected chi connectivity index (χ4v) is 3.01. The van der Waals surface area contributed by atoms with Crippen LogP contribution in [0.5, 0.6) is 0 Å². The van der Waals surface area contributed by atoms with E-state index in [0.717, 1.165) is 0 Å². The highest BCUT2D eigenvalue weighted by molar-refractivity contribution is 7.91. The van der Waals surface area contributed by atoms with Crippen LogP contribution in [0.1, 0.15) is 34.1 Å². The molecule has 2 unspecified atom stereocenters. The Morgan fingerprint density at radius 1 is 1.30 bits per heavy atom. The van der Waals surface area contributed by atoms with E-state index in [1.54, 1.807) is 13.8 Å². The van der Waals surface area contributed by atoms with E-state index < -0.39 is 21.9 Å². The molecule has 1 fully saturated rings. The van der Waals surface area contributed by atoms with Crippen molar-refractivity contribution in [2.45, 2.75) is 46.2 Å². The van der Waals surface area contributed by atoms with Crippen molar-refractivity contribution in [2.75, 3.05) is 18.1 Å². The Morgan fingerprint density at radius 2 is 1.90 bits per heavy atom. The summed E-state index contributed by atoms with van der Waals surface area (Å²) in [7, 11) is -3.15. The molecule has 2 atom stereocenters. The molecule has 0 aromatic carbocycles. The van der Waals surface area contributed by atoms with Crippen molar-refractivity contribution < 1.29 is 18.0 Å². The van der Waals surface area contributed by atoms with Gasteiger partial charge < -0.3 is 10.2 Å². The van der Waals surface area contributed by atoms with Gasteiger partial charge in [0.2, 0.25) is 11.8 Å². The van der Waals surface area contributed by atoms with Crippen LogP contribution >= 0.6 is 0 Å². The van der Waals surface area contributed by atoms with E-state index in [9.17, 15) is 18.0 Å². The first-order chi connectivity index (χ1) is 9.18. The molecule has 0 bridgehead atoms. The molecule has 2 amide bonds. The zero-order valence-corrected chi connectivity index (χ0v) is 13.4. The monoisotopic (exact) mass is 304 g/mol. The molecule has 1 N–H and O–H groups in total. The van der Waals surface area contributed by atoms with E-state index in [0.29, 0.717) is 6.42 Å². The quantitative estimate of drug-likeness (QED) is 0.759. The minimum absolute atomic E-state index is 0.0472. The van der Waals surface area contributed by atoms with Crippen LogP contribution in [0.2, 0.25) is 0 Å². The Balaban J connectivity index is 2.88. The smallest absolute Gasteiger partial charge is 0.245 e. The molecule has 1 saturated heterocycles. The Labute approximate surface area is 120 Å². The van der Waals surface area contributed by atoms with Gasteiger partial charge in [-0.1, -0.05) is 20.8 Å². The van der Waals surface area contributed by atoms with E-state index in [-0.39, 0.29) is 35.8 Å². The summed E-state index contributed by atoms with van der Waals surface area (Å²) in [6.07, 6.45) is 0.538. The lowest BCUT2D eigenvalue weighted by Crippen LogP contribution is -2.63. The number of nitrogens with zero attached hydrogens (tertiary/aromatic N) is 1. The largest absolute Gasteiger partial charge is 0.343 e. The van der Waals surface area contributed by atoms with Crippen molar-refractivity contribution in [1.82, 2.24) is 10.2 Å². The molecule has 0 saturated carbocycles. The first kappa shape index (κ1) is 16.9.